The molecule has 0 aliphatic heterocycles. The molecule has 0 saturated heterocycles. The van der Waals surface area contributed by atoms with Gasteiger partial charge in [-0.3, -0.25) is 4.70 Å². The second-order valence-electron chi connectivity index (χ2n) is 0.283. The third-order valence-corrected chi connectivity index (χ3v) is 0. The molecule has 0 unspecified atom stereocenters. The molecule has 0 aromatic rings. The summed E-state index contributed by atoms with van der Waals surface area (Å²) in [6.07, 6.45) is -1.83. The maximum Gasteiger partial charge on any atom is 0 e. The van der Waals surface area contributed by atoms with Gasteiger partial charge in [-0.1, -0.05) is 0 Å². The van der Waals surface area contributed by atoms with Crippen LogP contribution < -0.4 is 0 Å². The molecule has 0 fully saturated rings. The third-order valence-electron chi connectivity index (χ3n) is 0. The zero-order valence-electron chi connectivity index (χ0n) is 3.71. The fourth-order valence-corrected chi connectivity index (χ4v) is 0. The van der Waals surface area contributed by atoms with E-state index in [4.69, 9.17) is 15.0 Å². The van der Waals surface area contributed by atoms with Gasteiger partial charge in [-0.15, -0.1) is 0 Å². The van der Waals surface area contributed by atoms with E-state index >= 15 is 0 Å². The minimum Gasteiger partial charge on any atom is 0 e. The van der Waals surface area contributed by atoms with Crippen molar-refractivity contribution in [3.05, 3.63) is 0 Å². The van der Waals surface area contributed by atoms with Crippen molar-refractivity contribution < 1.29 is 107 Å². The summed E-state index contributed by atoms with van der Waals surface area (Å²) in [6.45, 7) is 0. The van der Waals surface area contributed by atoms with Crippen molar-refractivity contribution in [2.24, 2.45) is 0 Å². The van der Waals surface area contributed by atoms with Gasteiger partial charge < -0.3 is 15.7 Å². The monoisotopic (exact) mass is 514 g/mol. The van der Waals surface area contributed by atoms with E-state index in [1.807, 2.05) is 0 Å². The molecule has 9 heavy (non-hydrogen) atoms. The first-order valence-electron chi connectivity index (χ1n) is 0.651. The molecule has 0 aromatic carbocycles. The smallest absolute Gasteiger partial charge is 0 e. The van der Waals surface area contributed by atoms with Gasteiger partial charge in [0.05, 0.1) is 0 Å². The van der Waals surface area contributed by atoms with E-state index in [0.29, 0.717) is 0 Å². The zero-order valence-corrected chi connectivity index (χ0v) is 11.0. The normalized spacial score (nSPS) is 2.67. The SMILES string of the molecule is F.O.O=C(O)O.[CaH2].[Ce].[Th]. The van der Waals surface area contributed by atoms with Crippen molar-refractivity contribution in [3.8, 4) is 0 Å². The van der Waals surface area contributed by atoms with E-state index in [1.54, 1.807) is 0 Å². The molecule has 4 N–H and O–H groups in total. The number of carbonyl (C=O) groups is 1. The quantitative estimate of drug-likeness (QED) is 0.392. The van der Waals surface area contributed by atoms with E-state index in [1.165, 1.54) is 0 Å². The van der Waals surface area contributed by atoms with E-state index in [0.717, 1.165) is 0 Å². The summed E-state index contributed by atoms with van der Waals surface area (Å²) in [5.41, 5.74) is 0. The fraction of sp³-hybridized carbons (Fsp3) is 0. The van der Waals surface area contributed by atoms with Gasteiger partial charge in [0.2, 0.25) is 0 Å². The first kappa shape index (κ1) is 40.0. The summed E-state index contributed by atoms with van der Waals surface area (Å²) >= 11 is 0. The summed E-state index contributed by atoms with van der Waals surface area (Å²) in [4.78, 5) is 8.56. The Kier molecular flexibility index (Phi) is 135. The van der Waals surface area contributed by atoms with Gasteiger partial charge in [-0.05, 0) is 0 Å². The summed E-state index contributed by atoms with van der Waals surface area (Å²) in [5, 5.41) is 13.9. The van der Waals surface area contributed by atoms with Gasteiger partial charge in [-0.2, -0.15) is 0 Å². The summed E-state index contributed by atoms with van der Waals surface area (Å²) in [5.74, 6) is 0. The molecule has 0 aromatic heterocycles. The van der Waals surface area contributed by atoms with E-state index in [9.17, 15) is 0 Å². The summed E-state index contributed by atoms with van der Waals surface area (Å²) in [6, 6.07) is 0. The fourth-order valence-electron chi connectivity index (χ4n) is 0. The Morgan fingerprint density at radius 3 is 1.22 bits per heavy atom. The van der Waals surface area contributed by atoms with Gasteiger partial charge >= 0.3 is 43.9 Å². The van der Waals surface area contributed by atoms with E-state index in [2.05, 4.69) is 0 Å². The van der Waals surface area contributed by atoms with Crippen LogP contribution in [0.5, 0.6) is 0 Å². The van der Waals surface area contributed by atoms with Crippen molar-refractivity contribution >= 4 is 43.9 Å². The molecular weight excluding hydrogens is 507 g/mol. The van der Waals surface area contributed by atoms with Gasteiger partial charge in [0.1, 0.15) is 0 Å². The van der Waals surface area contributed by atoms with Gasteiger partial charge in [0.25, 0.3) is 0 Å². The molecule has 0 radical (unpaired) electrons. The molecule has 52 valence electrons. The molecule has 0 amide bonds. The molecule has 0 aliphatic rings. The Morgan fingerprint density at radius 2 is 1.22 bits per heavy atom. The second-order valence-corrected chi connectivity index (χ2v) is 0.283. The zero-order chi connectivity index (χ0) is 3.58. The molecule has 0 heterocycles. The molecule has 8 heteroatoms. The maximum atomic E-state index is 8.56. The van der Waals surface area contributed by atoms with Crippen LogP contribution in [0.1, 0.15) is 0 Å². The minimum atomic E-state index is -1.83. The maximum absolute atomic E-state index is 8.56. The van der Waals surface area contributed by atoms with E-state index < -0.39 is 6.16 Å². The average molecular weight is 514 g/mol. The van der Waals surface area contributed by atoms with Crippen LogP contribution in [0.3, 0.4) is 0 Å². The Balaban J connectivity index is -0.00000000450. The Morgan fingerprint density at radius 1 is 1.22 bits per heavy atom. The first-order chi connectivity index (χ1) is 1.73. The summed E-state index contributed by atoms with van der Waals surface area (Å²) in [7, 11) is 0. The van der Waals surface area contributed by atoms with Gasteiger partial charge in [0.15, 0.2) is 0 Å². The van der Waals surface area contributed by atoms with Crippen LogP contribution in [0.2, 0.25) is 0 Å². The Hall–Kier alpha value is 3.12. The van der Waals surface area contributed by atoms with Crippen LogP contribution in [0.25, 0.3) is 0 Å². The Labute approximate surface area is 147 Å². The molecule has 0 atom stereocenters. The van der Waals surface area contributed by atoms with E-state index in [-0.39, 0.29) is 130 Å². The van der Waals surface area contributed by atoms with Crippen LogP contribution >= 0.6 is 0 Å². The standard InChI is InChI=1S/CH2O3.Ca.Ce.FH.H2O.Th.2H/c2-1(3)4;;;;;;;/h(H2,2,3,4);;;1H;1H2;;;. The molecule has 0 bridgehead atoms. The molecule has 0 saturated carbocycles. The predicted molar refractivity (Wildman–Crippen MR) is 25.3 cm³/mol. The Bertz CT molecular complexity index is 43.5. The molecule has 4 nitrogen and oxygen atoms in total. The number of halogens is 1. The van der Waals surface area contributed by atoms with Crippen LogP contribution in [0, 0.1) is 81.7 Å². The number of hydrogen-bond donors (Lipinski definition) is 2. The molecule has 0 spiro atoms. The van der Waals surface area contributed by atoms with Crippen LogP contribution in [-0.2, 0) is 0 Å². The van der Waals surface area contributed by atoms with Crippen LogP contribution in [-0.4, -0.2) is 59.6 Å². The van der Waals surface area contributed by atoms with Crippen molar-refractivity contribution in [2.45, 2.75) is 0 Å². The van der Waals surface area contributed by atoms with Crippen LogP contribution in [0.15, 0.2) is 0 Å². The summed E-state index contributed by atoms with van der Waals surface area (Å²) < 4.78 is 0. The van der Waals surface area contributed by atoms with Crippen molar-refractivity contribution in [3.63, 3.8) is 0 Å². The minimum absolute atomic E-state index is 0. The van der Waals surface area contributed by atoms with Gasteiger partial charge in [0, 0.05) is 81.7 Å². The predicted octanol–water partition coefficient (Wildman–Crippen LogP) is -1.37. The number of rotatable bonds is 0. The van der Waals surface area contributed by atoms with Crippen molar-refractivity contribution in [1.82, 2.24) is 0 Å². The third kappa shape index (κ3) is 95.0. The van der Waals surface area contributed by atoms with Crippen LogP contribution in [0.4, 0.5) is 9.50 Å². The van der Waals surface area contributed by atoms with Gasteiger partial charge in [-0.25, -0.2) is 4.79 Å². The largest absolute Gasteiger partial charge is 0 e. The first-order valence-corrected chi connectivity index (χ1v) is 0.651. The number of hydrogen-bond acceptors (Lipinski definition) is 1. The molecule has 0 aliphatic carbocycles. The van der Waals surface area contributed by atoms with Crippen molar-refractivity contribution in [1.29, 1.82) is 0 Å². The average Bonchev–Trinajstić information content (AvgIpc) is 0.811. The second kappa shape index (κ2) is 30.4. The molecule has 0 rings (SSSR count). The molecular formula is CH7CaCeFO4Th. The van der Waals surface area contributed by atoms with Crippen molar-refractivity contribution in [2.75, 3.05) is 0 Å². The number of carboxylic acid groups (broad SMARTS) is 2. The topological polar surface area (TPSA) is 89.0 Å².